The summed E-state index contributed by atoms with van der Waals surface area (Å²) in [6.07, 6.45) is 5.12. The minimum Gasteiger partial charge on any atom is -0.393 e. The van der Waals surface area contributed by atoms with Crippen molar-refractivity contribution in [3.05, 3.63) is 29.8 Å². The van der Waals surface area contributed by atoms with E-state index in [0.717, 1.165) is 62.4 Å². The highest BCUT2D eigenvalue weighted by molar-refractivity contribution is 5.95. The van der Waals surface area contributed by atoms with Gasteiger partial charge in [0.1, 0.15) is 0 Å². The molecule has 0 spiro atoms. The SMILES string of the molecule is CCNC(=NCc1ccc(N2CCCC2=O)cc1)NC1CCC(O)CC1. The third-order valence-electron chi connectivity index (χ3n) is 5.12. The number of amides is 1. The van der Waals surface area contributed by atoms with E-state index >= 15 is 0 Å². The van der Waals surface area contributed by atoms with E-state index in [2.05, 4.69) is 17.6 Å². The molecule has 6 heteroatoms. The van der Waals surface area contributed by atoms with Crippen LogP contribution >= 0.6 is 0 Å². The van der Waals surface area contributed by atoms with Crippen molar-refractivity contribution >= 4 is 17.6 Å². The van der Waals surface area contributed by atoms with Crippen molar-refractivity contribution in [3.63, 3.8) is 0 Å². The van der Waals surface area contributed by atoms with E-state index in [0.29, 0.717) is 19.0 Å². The minimum atomic E-state index is -0.145. The Morgan fingerprint density at radius 3 is 2.58 bits per heavy atom. The molecule has 1 aliphatic heterocycles. The van der Waals surface area contributed by atoms with E-state index in [9.17, 15) is 9.90 Å². The van der Waals surface area contributed by atoms with Crippen LogP contribution in [0.2, 0.25) is 0 Å². The monoisotopic (exact) mass is 358 g/mol. The lowest BCUT2D eigenvalue weighted by atomic mass is 9.93. The van der Waals surface area contributed by atoms with E-state index in [1.165, 1.54) is 0 Å². The molecule has 6 nitrogen and oxygen atoms in total. The van der Waals surface area contributed by atoms with E-state index in [1.807, 2.05) is 29.2 Å². The van der Waals surface area contributed by atoms with Crippen LogP contribution in [0.1, 0.15) is 51.0 Å². The first kappa shape index (κ1) is 18.7. The molecule has 1 saturated heterocycles. The second kappa shape index (κ2) is 9.03. The van der Waals surface area contributed by atoms with Crippen LogP contribution in [0.15, 0.2) is 29.3 Å². The summed E-state index contributed by atoms with van der Waals surface area (Å²) in [7, 11) is 0. The molecule has 26 heavy (non-hydrogen) atoms. The van der Waals surface area contributed by atoms with Crippen LogP contribution in [-0.2, 0) is 11.3 Å². The van der Waals surface area contributed by atoms with Crippen molar-refractivity contribution in [2.24, 2.45) is 4.99 Å². The Balaban J connectivity index is 1.57. The van der Waals surface area contributed by atoms with Gasteiger partial charge in [0.25, 0.3) is 0 Å². The molecule has 3 N–H and O–H groups in total. The summed E-state index contributed by atoms with van der Waals surface area (Å²) in [5, 5.41) is 16.4. The number of aliphatic imine (C=N–C) groups is 1. The summed E-state index contributed by atoms with van der Waals surface area (Å²) >= 11 is 0. The number of carbonyl (C=O) groups excluding carboxylic acids is 1. The molecule has 0 unspecified atom stereocenters. The first-order valence-corrected chi connectivity index (χ1v) is 9.78. The number of carbonyl (C=O) groups is 1. The van der Waals surface area contributed by atoms with Gasteiger partial charge >= 0.3 is 0 Å². The Morgan fingerprint density at radius 1 is 1.23 bits per heavy atom. The van der Waals surface area contributed by atoms with Gasteiger partial charge in [-0.2, -0.15) is 0 Å². The first-order valence-electron chi connectivity index (χ1n) is 9.78. The molecular weight excluding hydrogens is 328 g/mol. The molecule has 0 bridgehead atoms. The molecule has 0 atom stereocenters. The predicted molar refractivity (Wildman–Crippen MR) is 104 cm³/mol. The van der Waals surface area contributed by atoms with Gasteiger partial charge in [-0.3, -0.25) is 4.79 Å². The lowest BCUT2D eigenvalue weighted by Gasteiger charge is -2.27. The number of hydrogen-bond donors (Lipinski definition) is 3. The van der Waals surface area contributed by atoms with Crippen molar-refractivity contribution in [3.8, 4) is 0 Å². The summed E-state index contributed by atoms with van der Waals surface area (Å²) in [6, 6.07) is 8.49. The van der Waals surface area contributed by atoms with E-state index in [4.69, 9.17) is 4.99 Å². The zero-order valence-electron chi connectivity index (χ0n) is 15.6. The third-order valence-corrected chi connectivity index (χ3v) is 5.12. The number of hydrogen-bond acceptors (Lipinski definition) is 3. The molecule has 1 saturated carbocycles. The van der Waals surface area contributed by atoms with Crippen LogP contribution in [0, 0.1) is 0 Å². The summed E-state index contributed by atoms with van der Waals surface area (Å²) in [5.74, 6) is 1.04. The highest BCUT2D eigenvalue weighted by Gasteiger charge is 2.21. The molecule has 0 aromatic heterocycles. The number of aliphatic hydroxyl groups excluding tert-OH is 1. The van der Waals surface area contributed by atoms with Gasteiger partial charge in [-0.1, -0.05) is 12.1 Å². The second-order valence-corrected chi connectivity index (χ2v) is 7.16. The topological polar surface area (TPSA) is 77.0 Å². The molecule has 1 aromatic carbocycles. The zero-order chi connectivity index (χ0) is 18.4. The molecule has 2 fully saturated rings. The summed E-state index contributed by atoms with van der Waals surface area (Å²) in [6.45, 7) is 4.29. The van der Waals surface area contributed by atoms with E-state index < -0.39 is 0 Å². The lowest BCUT2D eigenvalue weighted by molar-refractivity contribution is -0.117. The van der Waals surface area contributed by atoms with Crippen LogP contribution in [-0.4, -0.2) is 42.2 Å². The number of nitrogens with one attached hydrogen (secondary N) is 2. The van der Waals surface area contributed by atoms with Gasteiger partial charge in [-0.15, -0.1) is 0 Å². The Bertz CT molecular complexity index is 621. The zero-order valence-corrected chi connectivity index (χ0v) is 15.6. The minimum absolute atomic E-state index is 0.145. The lowest BCUT2D eigenvalue weighted by Crippen LogP contribution is -2.45. The van der Waals surface area contributed by atoms with Crippen molar-refractivity contribution in [1.29, 1.82) is 0 Å². The first-order chi connectivity index (χ1) is 12.7. The maximum absolute atomic E-state index is 11.8. The van der Waals surface area contributed by atoms with Crippen LogP contribution in [0.4, 0.5) is 5.69 Å². The molecule has 1 aliphatic carbocycles. The highest BCUT2D eigenvalue weighted by Crippen LogP contribution is 2.22. The van der Waals surface area contributed by atoms with Gasteiger partial charge in [0.05, 0.1) is 12.6 Å². The van der Waals surface area contributed by atoms with Crippen LogP contribution < -0.4 is 15.5 Å². The Morgan fingerprint density at radius 2 is 1.96 bits per heavy atom. The summed E-state index contributed by atoms with van der Waals surface area (Å²) in [4.78, 5) is 18.4. The van der Waals surface area contributed by atoms with Crippen molar-refractivity contribution < 1.29 is 9.90 Å². The van der Waals surface area contributed by atoms with Gasteiger partial charge in [0.2, 0.25) is 5.91 Å². The van der Waals surface area contributed by atoms with Crippen molar-refractivity contribution in [1.82, 2.24) is 10.6 Å². The number of rotatable bonds is 5. The molecule has 1 heterocycles. The van der Waals surface area contributed by atoms with Gasteiger partial charge < -0.3 is 20.6 Å². The maximum Gasteiger partial charge on any atom is 0.227 e. The average molecular weight is 358 g/mol. The predicted octanol–water partition coefficient (Wildman–Crippen LogP) is 2.17. The standard InChI is InChI=1S/C20H30N4O2/c1-2-21-20(23-16-7-11-18(25)12-8-16)22-14-15-5-9-17(10-6-15)24-13-3-4-19(24)26/h5-6,9-10,16,18,25H,2-4,7-8,11-14H2,1H3,(H2,21,22,23). The van der Waals surface area contributed by atoms with Gasteiger partial charge in [-0.05, 0) is 56.7 Å². The number of aliphatic hydroxyl groups is 1. The average Bonchev–Trinajstić information content (AvgIpc) is 3.08. The normalized spacial score (nSPS) is 24.0. The largest absolute Gasteiger partial charge is 0.393 e. The summed E-state index contributed by atoms with van der Waals surface area (Å²) < 4.78 is 0. The van der Waals surface area contributed by atoms with E-state index in [-0.39, 0.29) is 12.0 Å². The molecule has 1 aromatic rings. The molecule has 2 aliphatic rings. The fraction of sp³-hybridized carbons (Fsp3) is 0.600. The molecule has 142 valence electrons. The van der Waals surface area contributed by atoms with Crippen LogP contribution in [0.25, 0.3) is 0 Å². The Hall–Kier alpha value is -2.08. The number of benzene rings is 1. The smallest absolute Gasteiger partial charge is 0.227 e. The fourth-order valence-electron chi connectivity index (χ4n) is 3.61. The Kier molecular flexibility index (Phi) is 6.50. The fourth-order valence-corrected chi connectivity index (χ4v) is 3.61. The van der Waals surface area contributed by atoms with Crippen molar-refractivity contribution in [2.75, 3.05) is 18.0 Å². The van der Waals surface area contributed by atoms with Crippen molar-refractivity contribution in [2.45, 2.75) is 64.1 Å². The maximum atomic E-state index is 11.8. The highest BCUT2D eigenvalue weighted by atomic mass is 16.3. The van der Waals surface area contributed by atoms with Crippen LogP contribution in [0.5, 0.6) is 0 Å². The Labute approximate surface area is 155 Å². The number of guanidine groups is 1. The number of anilines is 1. The third kappa shape index (κ3) is 4.97. The molecule has 0 radical (unpaired) electrons. The van der Waals surface area contributed by atoms with Gasteiger partial charge in [0, 0.05) is 31.2 Å². The number of nitrogens with zero attached hydrogens (tertiary/aromatic N) is 2. The van der Waals surface area contributed by atoms with Crippen LogP contribution in [0.3, 0.4) is 0 Å². The summed E-state index contributed by atoms with van der Waals surface area (Å²) in [5.41, 5.74) is 2.10. The quantitative estimate of drug-likeness (QED) is 0.557. The molecule has 1 amide bonds. The second-order valence-electron chi connectivity index (χ2n) is 7.16. The van der Waals surface area contributed by atoms with Gasteiger partial charge in [0.15, 0.2) is 5.96 Å². The van der Waals surface area contributed by atoms with E-state index in [1.54, 1.807) is 0 Å². The molecule has 3 rings (SSSR count). The molecular formula is C20H30N4O2. The van der Waals surface area contributed by atoms with Gasteiger partial charge in [-0.25, -0.2) is 4.99 Å².